The number of rotatable bonds is 4. The van der Waals surface area contributed by atoms with Crippen LogP contribution in [0.25, 0.3) is 0 Å². The fourth-order valence-corrected chi connectivity index (χ4v) is 3.37. The summed E-state index contributed by atoms with van der Waals surface area (Å²) in [5.74, 6) is -1.32. The first-order valence-electron chi connectivity index (χ1n) is 9.06. The second-order valence-electron chi connectivity index (χ2n) is 6.14. The summed E-state index contributed by atoms with van der Waals surface area (Å²) in [5, 5.41) is 0. The molecule has 4 rings (SSSR count). The summed E-state index contributed by atoms with van der Waals surface area (Å²) in [6, 6.07) is 16.7. The molecule has 2 aromatic carbocycles. The molecule has 0 saturated carbocycles. The number of hydrogen-bond donors (Lipinski definition) is 0. The zero-order chi connectivity index (χ0) is 19.4. The molecule has 0 aliphatic carbocycles. The van der Waals surface area contributed by atoms with Gasteiger partial charge in [-0.3, -0.25) is 0 Å². The third-order valence-corrected chi connectivity index (χ3v) is 4.54. The Labute approximate surface area is 158 Å². The van der Waals surface area contributed by atoms with Gasteiger partial charge < -0.3 is 14.5 Å². The highest BCUT2D eigenvalue weighted by Gasteiger charge is 2.59. The first-order valence-corrected chi connectivity index (χ1v) is 9.06. The molecule has 0 radical (unpaired) electrons. The molecule has 2 saturated heterocycles. The maximum atomic E-state index is 12.9. The van der Waals surface area contributed by atoms with Crippen LogP contribution in [-0.2, 0) is 27.4 Å². The summed E-state index contributed by atoms with van der Waals surface area (Å²) in [7, 11) is 0. The van der Waals surface area contributed by atoms with Crippen molar-refractivity contribution < 1.29 is 19.1 Å². The van der Waals surface area contributed by atoms with Crippen molar-refractivity contribution in [3.05, 3.63) is 71.8 Å². The largest absolute Gasteiger partial charge is 0.390 e. The average molecular weight is 366 g/mol. The highest BCUT2D eigenvalue weighted by Crippen LogP contribution is 2.32. The number of benzene rings is 2. The maximum Gasteiger partial charge on any atom is 0.339 e. The van der Waals surface area contributed by atoms with Crippen molar-refractivity contribution in [2.75, 3.05) is 0 Å². The van der Waals surface area contributed by atoms with Crippen molar-refractivity contribution in [2.45, 2.75) is 39.0 Å². The minimum absolute atomic E-state index is 0.258. The van der Waals surface area contributed by atoms with Crippen molar-refractivity contribution in [3.63, 3.8) is 0 Å². The number of esters is 2. The van der Waals surface area contributed by atoms with Gasteiger partial charge in [-0.25, -0.2) is 14.4 Å². The molecule has 2 unspecified atom stereocenters. The Morgan fingerprint density at radius 1 is 0.704 bits per heavy atom. The Morgan fingerprint density at radius 3 is 1.44 bits per heavy atom. The van der Waals surface area contributed by atoms with Crippen LogP contribution in [0.15, 0.2) is 60.7 Å². The summed E-state index contributed by atoms with van der Waals surface area (Å²) < 4.78 is 4.80. The van der Waals surface area contributed by atoms with Crippen molar-refractivity contribution >= 4 is 18.0 Å². The first kappa shape index (κ1) is 18.6. The highest BCUT2D eigenvalue weighted by atomic mass is 16.6. The molecule has 6 heteroatoms. The monoisotopic (exact) mass is 366 g/mol. The molecular weight excluding hydrogens is 344 g/mol. The van der Waals surface area contributed by atoms with E-state index >= 15 is 0 Å². The first-order chi connectivity index (χ1) is 13.1. The van der Waals surface area contributed by atoms with E-state index in [9.17, 15) is 14.4 Å². The molecule has 2 heterocycles. The molecule has 2 atom stereocenters. The number of carbonyl (C=O) groups excluding carboxylic acids is 3. The second-order valence-corrected chi connectivity index (χ2v) is 6.14. The van der Waals surface area contributed by atoms with E-state index in [0.29, 0.717) is 0 Å². The van der Waals surface area contributed by atoms with Gasteiger partial charge in [0.1, 0.15) is 0 Å². The van der Waals surface area contributed by atoms with Gasteiger partial charge in [-0.05, 0) is 11.1 Å². The van der Waals surface area contributed by atoms with E-state index < -0.39 is 24.0 Å². The molecule has 2 aliphatic rings. The number of fused-ring (bicyclic) bond motifs is 1. The predicted molar refractivity (Wildman–Crippen MR) is 99.4 cm³/mol. The zero-order valence-electron chi connectivity index (χ0n) is 15.4. The Balaban J connectivity index is 0.00000102. The van der Waals surface area contributed by atoms with Gasteiger partial charge in [0.25, 0.3) is 0 Å². The molecule has 0 aromatic heterocycles. The molecule has 2 aromatic rings. The number of ether oxygens (including phenoxy) is 1. The van der Waals surface area contributed by atoms with E-state index in [0.717, 1.165) is 11.1 Å². The van der Waals surface area contributed by atoms with Crippen LogP contribution in [-0.4, -0.2) is 39.9 Å². The molecule has 0 bridgehead atoms. The summed E-state index contributed by atoms with van der Waals surface area (Å²) >= 11 is 0. The molecule has 2 aliphatic heterocycles. The van der Waals surface area contributed by atoms with Gasteiger partial charge >= 0.3 is 18.0 Å². The lowest BCUT2D eigenvalue weighted by Gasteiger charge is -2.21. The summed E-state index contributed by atoms with van der Waals surface area (Å²) in [6.07, 6.45) is 0. The third kappa shape index (κ3) is 3.56. The third-order valence-electron chi connectivity index (χ3n) is 4.54. The van der Waals surface area contributed by atoms with Crippen molar-refractivity contribution in [1.82, 2.24) is 9.80 Å². The minimum atomic E-state index is -0.885. The zero-order valence-corrected chi connectivity index (χ0v) is 15.4. The summed E-state index contributed by atoms with van der Waals surface area (Å²) in [6.45, 7) is 4.52. The van der Waals surface area contributed by atoms with Crippen LogP contribution in [0.4, 0.5) is 4.79 Å². The van der Waals surface area contributed by atoms with Crippen LogP contribution in [0, 0.1) is 0 Å². The van der Waals surface area contributed by atoms with Crippen LogP contribution in [0.5, 0.6) is 0 Å². The standard InChI is InChI=1S/C19H16N2O4.C2H6/c22-17-15-16(18(23)25-17)21(12-14-9-5-2-6-10-14)19(24)20(15)11-13-7-3-1-4-8-13;1-2/h1-10,15-16H,11-12H2;1-2H3. The van der Waals surface area contributed by atoms with Gasteiger partial charge in [0, 0.05) is 13.1 Å². The van der Waals surface area contributed by atoms with Crippen molar-refractivity contribution in [3.8, 4) is 0 Å². The molecule has 0 spiro atoms. The molecule has 140 valence electrons. The fourth-order valence-electron chi connectivity index (χ4n) is 3.37. The van der Waals surface area contributed by atoms with Crippen LogP contribution < -0.4 is 0 Å². The summed E-state index contributed by atoms with van der Waals surface area (Å²) in [5.41, 5.74) is 1.78. The Bertz CT molecular complexity index is 755. The average Bonchev–Trinajstić information content (AvgIpc) is 3.14. The van der Waals surface area contributed by atoms with E-state index in [4.69, 9.17) is 4.74 Å². The van der Waals surface area contributed by atoms with Crippen LogP contribution in [0.3, 0.4) is 0 Å². The quantitative estimate of drug-likeness (QED) is 0.616. The molecule has 6 nitrogen and oxygen atoms in total. The minimum Gasteiger partial charge on any atom is -0.390 e. The van der Waals surface area contributed by atoms with Crippen LogP contribution in [0.2, 0.25) is 0 Å². The number of amides is 2. The molecule has 2 amide bonds. The van der Waals surface area contributed by atoms with Crippen molar-refractivity contribution in [2.24, 2.45) is 0 Å². The van der Waals surface area contributed by atoms with Gasteiger partial charge in [-0.15, -0.1) is 0 Å². The Morgan fingerprint density at radius 2 is 1.07 bits per heavy atom. The Hall–Kier alpha value is -3.15. The number of carbonyl (C=O) groups is 3. The fraction of sp³-hybridized carbons (Fsp3) is 0.286. The van der Waals surface area contributed by atoms with Crippen molar-refractivity contribution in [1.29, 1.82) is 0 Å². The molecule has 27 heavy (non-hydrogen) atoms. The lowest BCUT2D eigenvalue weighted by atomic mass is 10.1. The van der Waals surface area contributed by atoms with E-state index in [1.165, 1.54) is 9.80 Å². The predicted octanol–water partition coefficient (Wildman–Crippen LogP) is 2.97. The highest BCUT2D eigenvalue weighted by molar-refractivity contribution is 6.06. The van der Waals surface area contributed by atoms with E-state index in [-0.39, 0.29) is 19.1 Å². The number of nitrogens with zero attached hydrogens (tertiary/aromatic N) is 2. The Kier molecular flexibility index (Phi) is 5.54. The lowest BCUT2D eigenvalue weighted by Crippen LogP contribution is -2.39. The number of hydrogen-bond acceptors (Lipinski definition) is 4. The molecule has 0 N–H and O–H groups in total. The van der Waals surface area contributed by atoms with Gasteiger partial charge in [0.15, 0.2) is 12.1 Å². The van der Waals surface area contributed by atoms with E-state index in [2.05, 4.69) is 0 Å². The second kappa shape index (κ2) is 8.03. The van der Waals surface area contributed by atoms with Gasteiger partial charge in [0.05, 0.1) is 0 Å². The smallest absolute Gasteiger partial charge is 0.339 e. The number of cyclic esters (lactones) is 2. The van der Waals surface area contributed by atoms with E-state index in [1.54, 1.807) is 0 Å². The van der Waals surface area contributed by atoms with E-state index in [1.807, 2.05) is 74.5 Å². The topological polar surface area (TPSA) is 66.9 Å². The SMILES string of the molecule is CC.O=C1OC(=O)C2C1N(Cc1ccccc1)C(=O)N2Cc1ccccc1. The van der Waals surface area contributed by atoms with Gasteiger partial charge in [-0.2, -0.15) is 0 Å². The van der Waals surface area contributed by atoms with Gasteiger partial charge in [0.2, 0.25) is 0 Å². The molecular formula is C21H22N2O4. The number of urea groups is 1. The molecule has 2 fully saturated rings. The van der Waals surface area contributed by atoms with Crippen LogP contribution in [0.1, 0.15) is 25.0 Å². The van der Waals surface area contributed by atoms with Gasteiger partial charge in [-0.1, -0.05) is 74.5 Å². The lowest BCUT2D eigenvalue weighted by molar-refractivity contribution is -0.154. The normalized spacial score (nSPS) is 20.9. The van der Waals surface area contributed by atoms with Crippen LogP contribution >= 0.6 is 0 Å². The maximum absolute atomic E-state index is 12.9. The summed E-state index contributed by atoms with van der Waals surface area (Å²) in [4.78, 5) is 40.1.